The number of carbonyl (C=O) groups is 1. The molecule has 0 aliphatic heterocycles. The van der Waals surface area contributed by atoms with Gasteiger partial charge in [-0.15, -0.1) is 0 Å². The van der Waals surface area contributed by atoms with Crippen molar-refractivity contribution in [3.05, 3.63) is 87.7 Å². The topological polar surface area (TPSA) is 75.9 Å². The molecule has 6 rings (SSSR count). The van der Waals surface area contributed by atoms with Gasteiger partial charge in [-0.2, -0.15) is 5.26 Å². The van der Waals surface area contributed by atoms with Crippen LogP contribution in [0.15, 0.2) is 60.7 Å². The van der Waals surface area contributed by atoms with Gasteiger partial charge in [0.05, 0.1) is 44.1 Å². The summed E-state index contributed by atoms with van der Waals surface area (Å²) in [6.45, 7) is 4.21. The van der Waals surface area contributed by atoms with Crippen molar-refractivity contribution < 1.29 is 9.53 Å². The smallest absolute Gasteiger partial charge is 0.324 e. The Morgan fingerprint density at radius 3 is 2.17 bits per heavy atom. The second kappa shape index (κ2) is 8.03. The van der Waals surface area contributed by atoms with Crippen LogP contribution in [0.2, 0.25) is 10.0 Å². The standard InChI is InChI=1S/C29H21Cl2N3O2/c1-28(2)20-11-12-29(28,26-25(20)33-23-13-21(30)22(31)14-24(23)34-26)27(35)36-19-9-7-18(8-10-19)17-5-3-16(15-32)4-6-17/h3-10,13-14,20H,11-12H2,1-2H3. The number of fused-ring (bicyclic) bond motifs is 6. The molecule has 0 N–H and O–H groups in total. The lowest BCUT2D eigenvalue weighted by Gasteiger charge is -2.35. The van der Waals surface area contributed by atoms with Gasteiger partial charge in [0, 0.05) is 5.92 Å². The minimum Gasteiger partial charge on any atom is -0.426 e. The summed E-state index contributed by atoms with van der Waals surface area (Å²) in [6, 6.07) is 20.3. The molecular weight excluding hydrogens is 493 g/mol. The maximum absolute atomic E-state index is 13.9. The summed E-state index contributed by atoms with van der Waals surface area (Å²) < 4.78 is 6.00. The second-order valence-electron chi connectivity index (χ2n) is 10.0. The summed E-state index contributed by atoms with van der Waals surface area (Å²) in [5.41, 5.74) is 4.09. The highest BCUT2D eigenvalue weighted by molar-refractivity contribution is 6.42. The van der Waals surface area contributed by atoms with E-state index in [0.29, 0.717) is 44.5 Å². The normalized spacial score (nSPS) is 21.2. The summed E-state index contributed by atoms with van der Waals surface area (Å²) in [5.74, 6) is 0.266. The van der Waals surface area contributed by atoms with Crippen LogP contribution in [0.5, 0.6) is 5.75 Å². The van der Waals surface area contributed by atoms with Crippen LogP contribution in [0.3, 0.4) is 0 Å². The molecule has 1 fully saturated rings. The zero-order chi connectivity index (χ0) is 25.2. The first-order valence-corrected chi connectivity index (χ1v) is 12.5. The minimum atomic E-state index is -0.897. The molecular formula is C29H21Cl2N3O2. The van der Waals surface area contributed by atoms with Gasteiger partial charge in [-0.1, -0.05) is 61.3 Å². The fourth-order valence-electron chi connectivity index (χ4n) is 5.97. The van der Waals surface area contributed by atoms with E-state index in [0.717, 1.165) is 23.2 Å². The predicted molar refractivity (Wildman–Crippen MR) is 139 cm³/mol. The third-order valence-electron chi connectivity index (χ3n) is 8.01. The molecule has 0 amide bonds. The van der Waals surface area contributed by atoms with E-state index in [4.69, 9.17) is 43.2 Å². The highest BCUT2D eigenvalue weighted by Gasteiger charge is 2.69. The molecule has 2 bridgehead atoms. The monoisotopic (exact) mass is 513 g/mol. The molecule has 5 nitrogen and oxygen atoms in total. The Balaban J connectivity index is 1.35. The Kier molecular flexibility index (Phi) is 5.12. The zero-order valence-corrected chi connectivity index (χ0v) is 21.2. The number of rotatable bonds is 3. The van der Waals surface area contributed by atoms with E-state index in [9.17, 15) is 4.79 Å². The van der Waals surface area contributed by atoms with Gasteiger partial charge in [0.1, 0.15) is 11.2 Å². The summed E-state index contributed by atoms with van der Waals surface area (Å²) in [7, 11) is 0. The summed E-state index contributed by atoms with van der Waals surface area (Å²) in [4.78, 5) is 23.7. The predicted octanol–water partition coefficient (Wildman–Crippen LogP) is 7.24. The largest absolute Gasteiger partial charge is 0.426 e. The molecule has 2 unspecified atom stereocenters. The number of hydrogen-bond donors (Lipinski definition) is 0. The number of hydrogen-bond acceptors (Lipinski definition) is 5. The molecule has 1 saturated carbocycles. The van der Waals surface area contributed by atoms with E-state index in [-0.39, 0.29) is 11.9 Å². The Hall–Kier alpha value is -3.46. The van der Waals surface area contributed by atoms with Crippen molar-refractivity contribution >= 4 is 40.2 Å². The molecule has 1 aromatic heterocycles. The first-order chi connectivity index (χ1) is 17.2. The van der Waals surface area contributed by atoms with Crippen LogP contribution in [0.25, 0.3) is 22.2 Å². The third-order valence-corrected chi connectivity index (χ3v) is 8.73. The molecule has 178 valence electrons. The highest BCUT2D eigenvalue weighted by Crippen LogP contribution is 2.67. The maximum Gasteiger partial charge on any atom is 0.324 e. The van der Waals surface area contributed by atoms with E-state index in [1.54, 1.807) is 36.4 Å². The third kappa shape index (κ3) is 3.18. The van der Waals surface area contributed by atoms with Crippen molar-refractivity contribution in [1.82, 2.24) is 9.97 Å². The summed E-state index contributed by atoms with van der Waals surface area (Å²) >= 11 is 12.5. The Morgan fingerprint density at radius 2 is 1.56 bits per heavy atom. The number of ether oxygens (including phenoxy) is 1. The van der Waals surface area contributed by atoms with Gasteiger partial charge in [-0.25, -0.2) is 9.97 Å². The number of carbonyl (C=O) groups excluding carboxylic acids is 1. The highest BCUT2D eigenvalue weighted by atomic mass is 35.5. The van der Waals surface area contributed by atoms with E-state index < -0.39 is 10.8 Å². The molecule has 1 heterocycles. The lowest BCUT2D eigenvalue weighted by molar-refractivity contribution is -0.144. The lowest BCUT2D eigenvalue weighted by Crippen LogP contribution is -2.45. The number of benzene rings is 3. The summed E-state index contributed by atoms with van der Waals surface area (Å²) in [5, 5.41) is 9.84. The van der Waals surface area contributed by atoms with Crippen molar-refractivity contribution in [2.45, 2.75) is 38.0 Å². The summed E-state index contributed by atoms with van der Waals surface area (Å²) in [6.07, 6.45) is 1.50. The van der Waals surface area contributed by atoms with E-state index in [1.165, 1.54) is 0 Å². The molecule has 0 radical (unpaired) electrons. The van der Waals surface area contributed by atoms with Gasteiger partial charge in [0.2, 0.25) is 0 Å². The molecule has 0 spiro atoms. The van der Waals surface area contributed by atoms with Crippen molar-refractivity contribution in [1.29, 1.82) is 5.26 Å². The van der Waals surface area contributed by atoms with Crippen molar-refractivity contribution in [3.8, 4) is 22.9 Å². The fourth-order valence-corrected chi connectivity index (χ4v) is 6.29. The molecule has 2 aliphatic carbocycles. The molecule has 0 saturated heterocycles. The molecule has 7 heteroatoms. The van der Waals surface area contributed by atoms with Gasteiger partial charge in [0.25, 0.3) is 0 Å². The zero-order valence-electron chi connectivity index (χ0n) is 19.7. The first-order valence-electron chi connectivity index (χ1n) is 11.7. The first kappa shape index (κ1) is 23.0. The van der Waals surface area contributed by atoms with Gasteiger partial charge >= 0.3 is 5.97 Å². The van der Waals surface area contributed by atoms with E-state index >= 15 is 0 Å². The number of nitrogens with zero attached hydrogens (tertiary/aromatic N) is 3. The van der Waals surface area contributed by atoms with E-state index in [2.05, 4.69) is 19.9 Å². The van der Waals surface area contributed by atoms with Crippen LogP contribution in [0.1, 0.15) is 49.6 Å². The quantitative estimate of drug-likeness (QED) is 0.213. The lowest BCUT2D eigenvalue weighted by atomic mass is 9.68. The fraction of sp³-hybridized carbons (Fsp3) is 0.241. The van der Waals surface area contributed by atoms with E-state index in [1.807, 2.05) is 24.3 Å². The molecule has 2 aliphatic rings. The minimum absolute atomic E-state index is 0.102. The van der Waals surface area contributed by atoms with Crippen molar-refractivity contribution in [2.24, 2.45) is 5.41 Å². The van der Waals surface area contributed by atoms with Crippen molar-refractivity contribution in [2.75, 3.05) is 0 Å². The number of nitriles is 1. The van der Waals surface area contributed by atoms with Crippen LogP contribution in [-0.2, 0) is 10.2 Å². The van der Waals surface area contributed by atoms with Crippen LogP contribution >= 0.6 is 23.2 Å². The number of aromatic nitrogens is 2. The van der Waals surface area contributed by atoms with Crippen LogP contribution in [0, 0.1) is 16.7 Å². The molecule has 4 aromatic rings. The SMILES string of the molecule is CC1(C)C2CCC1(C(=O)Oc1ccc(-c3ccc(C#N)cc3)cc1)c1nc3cc(Cl)c(Cl)cc3nc12. The van der Waals surface area contributed by atoms with Gasteiger partial charge in [0.15, 0.2) is 0 Å². The van der Waals surface area contributed by atoms with Gasteiger partial charge in [-0.05, 0) is 65.8 Å². The van der Waals surface area contributed by atoms with Crippen LogP contribution in [0.4, 0.5) is 0 Å². The van der Waals surface area contributed by atoms with Gasteiger partial charge < -0.3 is 4.74 Å². The molecule has 3 aromatic carbocycles. The van der Waals surface area contributed by atoms with Crippen LogP contribution in [-0.4, -0.2) is 15.9 Å². The Morgan fingerprint density at radius 1 is 0.972 bits per heavy atom. The average Bonchev–Trinajstić information content (AvgIpc) is 3.25. The number of halogens is 2. The molecule has 36 heavy (non-hydrogen) atoms. The van der Waals surface area contributed by atoms with Crippen LogP contribution < -0.4 is 4.74 Å². The second-order valence-corrected chi connectivity index (χ2v) is 10.8. The maximum atomic E-state index is 13.9. The Labute approximate surface area is 218 Å². The molecule has 2 atom stereocenters. The number of esters is 1. The van der Waals surface area contributed by atoms with Gasteiger partial charge in [-0.3, -0.25) is 4.79 Å². The average molecular weight is 514 g/mol. The van der Waals surface area contributed by atoms with Crippen molar-refractivity contribution in [3.63, 3.8) is 0 Å². The Bertz CT molecular complexity index is 1590.